The van der Waals surface area contributed by atoms with Crippen LogP contribution in [-0.2, 0) is 0 Å². The maximum Gasteiger partial charge on any atom is 0.139 e. The molecule has 0 bridgehead atoms. The number of hydrogen-bond donors (Lipinski definition) is 1. The fourth-order valence-electron chi connectivity index (χ4n) is 1.25. The maximum absolute atomic E-state index is 9.65. The zero-order chi connectivity index (χ0) is 9.46. The highest BCUT2D eigenvalue weighted by Gasteiger charge is 2.10. The standard InChI is InChI=1S/C8H11B2BrO/c1-3-5(9)6(10)4(2)8(12)7(3)11/h12H,9-10H2,1-2H3. The van der Waals surface area contributed by atoms with E-state index in [1.54, 1.807) is 0 Å². The summed E-state index contributed by atoms with van der Waals surface area (Å²) in [6, 6.07) is 0. The first-order chi connectivity index (χ1) is 5.46. The maximum atomic E-state index is 9.65. The monoisotopic (exact) mass is 224 g/mol. The van der Waals surface area contributed by atoms with Crippen LogP contribution in [0.4, 0.5) is 0 Å². The molecule has 0 fully saturated rings. The average Bonchev–Trinajstić information content (AvgIpc) is 2.08. The van der Waals surface area contributed by atoms with Crippen molar-refractivity contribution in [3.8, 4) is 5.75 Å². The molecule has 0 aromatic heterocycles. The van der Waals surface area contributed by atoms with Crippen LogP contribution in [0.15, 0.2) is 4.47 Å². The Labute approximate surface area is 83.1 Å². The molecule has 1 N–H and O–H groups in total. The van der Waals surface area contributed by atoms with Gasteiger partial charge < -0.3 is 5.11 Å². The van der Waals surface area contributed by atoms with Gasteiger partial charge in [0.05, 0.1) is 4.47 Å². The van der Waals surface area contributed by atoms with Crippen molar-refractivity contribution in [3.63, 3.8) is 0 Å². The molecule has 62 valence electrons. The summed E-state index contributed by atoms with van der Waals surface area (Å²) in [5.41, 5.74) is 4.51. The van der Waals surface area contributed by atoms with Crippen molar-refractivity contribution in [2.45, 2.75) is 13.8 Å². The fourth-order valence-corrected chi connectivity index (χ4v) is 1.84. The lowest BCUT2D eigenvalue weighted by atomic mass is 9.75. The Kier molecular flexibility index (Phi) is 2.57. The normalized spacial score (nSPS) is 10.2. The zero-order valence-electron chi connectivity index (χ0n) is 7.83. The van der Waals surface area contributed by atoms with E-state index in [2.05, 4.69) is 23.8 Å². The first kappa shape index (κ1) is 9.72. The third-order valence-corrected chi connectivity index (χ3v) is 3.55. The molecule has 0 unspecified atom stereocenters. The number of rotatable bonds is 0. The number of phenols is 1. The molecule has 4 heteroatoms. The van der Waals surface area contributed by atoms with Gasteiger partial charge in [0.2, 0.25) is 0 Å². The van der Waals surface area contributed by atoms with Crippen LogP contribution in [0, 0.1) is 13.8 Å². The van der Waals surface area contributed by atoms with Crippen LogP contribution in [0.2, 0.25) is 0 Å². The van der Waals surface area contributed by atoms with E-state index < -0.39 is 0 Å². The predicted octanol–water partition coefficient (Wildman–Crippen LogP) is -0.712. The number of benzene rings is 1. The molecule has 12 heavy (non-hydrogen) atoms. The van der Waals surface area contributed by atoms with E-state index in [0.717, 1.165) is 15.6 Å². The lowest BCUT2D eigenvalue weighted by molar-refractivity contribution is 0.468. The molecule has 0 atom stereocenters. The molecule has 1 rings (SSSR count). The van der Waals surface area contributed by atoms with Crippen molar-refractivity contribution in [3.05, 3.63) is 15.6 Å². The van der Waals surface area contributed by atoms with Gasteiger partial charge >= 0.3 is 0 Å². The molecule has 1 nitrogen and oxygen atoms in total. The predicted molar refractivity (Wildman–Crippen MR) is 61.6 cm³/mol. The van der Waals surface area contributed by atoms with Crippen molar-refractivity contribution in [2.24, 2.45) is 0 Å². The number of hydrogen-bond acceptors (Lipinski definition) is 1. The number of phenolic OH excluding ortho intramolecular Hbond substituents is 1. The zero-order valence-corrected chi connectivity index (χ0v) is 9.41. The quantitative estimate of drug-likeness (QED) is 0.578. The summed E-state index contributed by atoms with van der Waals surface area (Å²) in [6.07, 6.45) is 0. The molecule has 1 aromatic carbocycles. The van der Waals surface area contributed by atoms with Crippen molar-refractivity contribution < 1.29 is 5.11 Å². The highest BCUT2D eigenvalue weighted by atomic mass is 79.9. The summed E-state index contributed by atoms with van der Waals surface area (Å²) in [6.45, 7) is 3.94. The Morgan fingerprint density at radius 3 is 2.00 bits per heavy atom. The van der Waals surface area contributed by atoms with Gasteiger partial charge in [0.25, 0.3) is 0 Å². The minimum absolute atomic E-state index is 0.371. The first-order valence-electron chi connectivity index (χ1n) is 3.91. The summed E-state index contributed by atoms with van der Waals surface area (Å²) in [5, 5.41) is 9.65. The van der Waals surface area contributed by atoms with Gasteiger partial charge in [0.1, 0.15) is 21.4 Å². The molecule has 0 aliphatic rings. The Bertz CT molecular complexity index is 231. The van der Waals surface area contributed by atoms with Crippen molar-refractivity contribution in [2.75, 3.05) is 0 Å². The average molecular weight is 225 g/mol. The molecule has 0 aliphatic heterocycles. The third-order valence-electron chi connectivity index (χ3n) is 2.58. The highest BCUT2D eigenvalue weighted by molar-refractivity contribution is 9.10. The van der Waals surface area contributed by atoms with E-state index in [-0.39, 0.29) is 0 Å². The number of aromatic hydroxyl groups is 1. The van der Waals surface area contributed by atoms with Crippen LogP contribution in [0.25, 0.3) is 0 Å². The topological polar surface area (TPSA) is 20.2 Å². The Morgan fingerprint density at radius 2 is 1.50 bits per heavy atom. The second-order valence-corrected chi connectivity index (χ2v) is 3.96. The summed E-state index contributed by atoms with van der Waals surface area (Å²) in [7, 11) is 4.10. The van der Waals surface area contributed by atoms with Gasteiger partial charge in [-0.25, -0.2) is 0 Å². The third kappa shape index (κ3) is 1.28. The summed E-state index contributed by atoms with van der Waals surface area (Å²) < 4.78 is 0.822. The van der Waals surface area contributed by atoms with Crippen LogP contribution >= 0.6 is 15.9 Å². The first-order valence-corrected chi connectivity index (χ1v) is 4.71. The Balaban J connectivity index is 3.60. The molecule has 0 saturated carbocycles. The lowest BCUT2D eigenvalue weighted by Crippen LogP contribution is -2.31. The smallest absolute Gasteiger partial charge is 0.139 e. The molecule has 0 radical (unpaired) electrons. The van der Waals surface area contributed by atoms with Gasteiger partial charge in [-0.1, -0.05) is 10.9 Å². The van der Waals surface area contributed by atoms with Gasteiger partial charge in [0.15, 0.2) is 0 Å². The Hall–Kier alpha value is -0.370. The SMILES string of the molecule is Bc1c(B)c(C)c(Br)c(O)c1C. The van der Waals surface area contributed by atoms with E-state index >= 15 is 0 Å². The summed E-state index contributed by atoms with van der Waals surface area (Å²) >= 11 is 3.36. The minimum atomic E-state index is 0.371. The summed E-state index contributed by atoms with van der Waals surface area (Å²) in [4.78, 5) is 0. The van der Waals surface area contributed by atoms with E-state index in [9.17, 15) is 5.11 Å². The largest absolute Gasteiger partial charge is 0.507 e. The van der Waals surface area contributed by atoms with Gasteiger partial charge in [-0.3, -0.25) is 0 Å². The van der Waals surface area contributed by atoms with Crippen LogP contribution in [0.1, 0.15) is 11.1 Å². The highest BCUT2D eigenvalue weighted by Crippen LogP contribution is 2.27. The molecular weight excluding hydrogens is 214 g/mol. The van der Waals surface area contributed by atoms with Crippen LogP contribution < -0.4 is 10.9 Å². The number of halogens is 1. The van der Waals surface area contributed by atoms with Gasteiger partial charge in [0, 0.05) is 0 Å². The van der Waals surface area contributed by atoms with E-state index in [0.29, 0.717) is 5.75 Å². The second kappa shape index (κ2) is 3.17. The molecule has 0 aliphatic carbocycles. The van der Waals surface area contributed by atoms with E-state index in [1.165, 1.54) is 10.9 Å². The van der Waals surface area contributed by atoms with Crippen LogP contribution in [0.3, 0.4) is 0 Å². The fraction of sp³-hybridized carbons (Fsp3) is 0.250. The van der Waals surface area contributed by atoms with Crippen LogP contribution in [0.5, 0.6) is 5.75 Å². The second-order valence-electron chi connectivity index (χ2n) is 3.16. The van der Waals surface area contributed by atoms with E-state index in [1.807, 2.05) is 21.7 Å². The van der Waals surface area contributed by atoms with Crippen molar-refractivity contribution in [1.82, 2.24) is 0 Å². The molecule has 0 amide bonds. The molecule has 0 saturated heterocycles. The van der Waals surface area contributed by atoms with Gasteiger partial charge in [-0.05, 0) is 40.9 Å². The van der Waals surface area contributed by atoms with Gasteiger partial charge in [-0.15, -0.1) is 0 Å². The summed E-state index contributed by atoms with van der Waals surface area (Å²) in [5.74, 6) is 0.371. The van der Waals surface area contributed by atoms with E-state index in [4.69, 9.17) is 0 Å². The Morgan fingerprint density at radius 1 is 1.08 bits per heavy atom. The molecule has 0 spiro atoms. The molecule has 1 aromatic rings. The van der Waals surface area contributed by atoms with Gasteiger partial charge in [-0.2, -0.15) is 0 Å². The van der Waals surface area contributed by atoms with Crippen molar-refractivity contribution >= 4 is 42.5 Å². The molecular formula is C8H11B2BrO. The molecule has 0 heterocycles. The van der Waals surface area contributed by atoms with Crippen LogP contribution in [-0.4, -0.2) is 20.8 Å². The van der Waals surface area contributed by atoms with Crippen molar-refractivity contribution in [1.29, 1.82) is 0 Å². The minimum Gasteiger partial charge on any atom is -0.507 e. The lowest BCUT2D eigenvalue weighted by Gasteiger charge is -2.13.